The monoisotopic (exact) mass is 351 g/mol. The Balaban J connectivity index is 1.63. The second-order valence-corrected chi connectivity index (χ2v) is 7.51. The fraction of sp³-hybridized carbons (Fsp3) is 0.778. The third-order valence-electron chi connectivity index (χ3n) is 5.09. The van der Waals surface area contributed by atoms with Gasteiger partial charge < -0.3 is 23.7 Å². The SMILES string of the molecule is COCCn1ccnc1C1N(C(=O)COC2CCOCC2)CC1(C)C. The van der Waals surface area contributed by atoms with Gasteiger partial charge >= 0.3 is 0 Å². The van der Waals surface area contributed by atoms with Crippen LogP contribution in [0.15, 0.2) is 12.4 Å². The maximum atomic E-state index is 12.7. The molecule has 0 aromatic carbocycles. The highest BCUT2D eigenvalue weighted by atomic mass is 16.5. The zero-order chi connectivity index (χ0) is 17.9. The Hall–Kier alpha value is -1.44. The van der Waals surface area contributed by atoms with Crippen LogP contribution in [0.5, 0.6) is 0 Å². The molecule has 0 N–H and O–H groups in total. The number of hydrogen-bond donors (Lipinski definition) is 0. The molecule has 2 saturated heterocycles. The number of ether oxygens (including phenoxy) is 3. The lowest BCUT2D eigenvalue weighted by molar-refractivity contribution is -0.161. The summed E-state index contributed by atoms with van der Waals surface area (Å²) in [5.41, 5.74) is 0.00448. The van der Waals surface area contributed by atoms with Crippen molar-refractivity contribution in [3.8, 4) is 0 Å². The Morgan fingerprint density at radius 2 is 2.16 bits per heavy atom. The van der Waals surface area contributed by atoms with Crippen molar-refractivity contribution >= 4 is 5.91 Å². The van der Waals surface area contributed by atoms with Crippen LogP contribution in [-0.4, -0.2) is 66.5 Å². The Morgan fingerprint density at radius 1 is 1.40 bits per heavy atom. The second-order valence-electron chi connectivity index (χ2n) is 7.51. The normalized spacial score (nSPS) is 23.5. The molecule has 7 nitrogen and oxygen atoms in total. The number of carbonyl (C=O) groups excluding carboxylic acids is 1. The molecule has 3 rings (SSSR count). The summed E-state index contributed by atoms with van der Waals surface area (Å²) in [6.45, 7) is 8.01. The summed E-state index contributed by atoms with van der Waals surface area (Å²) in [6, 6.07) is -0.0230. The van der Waals surface area contributed by atoms with Crippen molar-refractivity contribution in [1.29, 1.82) is 0 Å². The van der Waals surface area contributed by atoms with E-state index in [1.54, 1.807) is 13.3 Å². The minimum Gasteiger partial charge on any atom is -0.383 e. The van der Waals surface area contributed by atoms with Gasteiger partial charge in [0.25, 0.3) is 0 Å². The summed E-state index contributed by atoms with van der Waals surface area (Å²) in [4.78, 5) is 19.1. The maximum Gasteiger partial charge on any atom is 0.249 e. The Kier molecular flexibility index (Phi) is 5.76. The average Bonchev–Trinajstić information content (AvgIpc) is 3.04. The van der Waals surface area contributed by atoms with E-state index in [9.17, 15) is 4.79 Å². The second kappa shape index (κ2) is 7.85. The lowest BCUT2D eigenvalue weighted by Crippen LogP contribution is -2.59. The van der Waals surface area contributed by atoms with Gasteiger partial charge in [0, 0.05) is 51.2 Å². The third-order valence-corrected chi connectivity index (χ3v) is 5.09. The van der Waals surface area contributed by atoms with Crippen LogP contribution >= 0.6 is 0 Å². The number of carbonyl (C=O) groups is 1. The van der Waals surface area contributed by atoms with Crippen molar-refractivity contribution in [2.75, 3.05) is 40.1 Å². The van der Waals surface area contributed by atoms with E-state index in [0.29, 0.717) is 6.61 Å². The van der Waals surface area contributed by atoms with Crippen molar-refractivity contribution < 1.29 is 19.0 Å². The maximum absolute atomic E-state index is 12.7. The fourth-order valence-electron chi connectivity index (χ4n) is 3.71. The van der Waals surface area contributed by atoms with Crippen LogP contribution in [0.1, 0.15) is 38.6 Å². The highest BCUT2D eigenvalue weighted by Crippen LogP contribution is 2.47. The van der Waals surface area contributed by atoms with Gasteiger partial charge in [0.15, 0.2) is 0 Å². The molecule has 3 heterocycles. The van der Waals surface area contributed by atoms with Crippen LogP contribution < -0.4 is 0 Å². The van der Waals surface area contributed by atoms with Crippen molar-refractivity contribution in [2.45, 2.75) is 45.4 Å². The minimum absolute atomic E-state index is 0.00448. The van der Waals surface area contributed by atoms with Gasteiger partial charge in [-0.15, -0.1) is 0 Å². The van der Waals surface area contributed by atoms with Crippen LogP contribution in [0.25, 0.3) is 0 Å². The van der Waals surface area contributed by atoms with Gasteiger partial charge in [-0.25, -0.2) is 4.98 Å². The Labute approximate surface area is 149 Å². The molecule has 7 heteroatoms. The van der Waals surface area contributed by atoms with Gasteiger partial charge in [-0.05, 0) is 12.8 Å². The third kappa shape index (κ3) is 4.04. The van der Waals surface area contributed by atoms with Crippen LogP contribution in [0, 0.1) is 5.41 Å². The van der Waals surface area contributed by atoms with Crippen molar-refractivity contribution in [3.63, 3.8) is 0 Å². The van der Waals surface area contributed by atoms with Gasteiger partial charge in [-0.1, -0.05) is 13.8 Å². The molecule has 0 bridgehead atoms. The zero-order valence-electron chi connectivity index (χ0n) is 15.4. The van der Waals surface area contributed by atoms with E-state index in [0.717, 1.165) is 45.0 Å². The van der Waals surface area contributed by atoms with E-state index in [-0.39, 0.29) is 30.1 Å². The van der Waals surface area contributed by atoms with Gasteiger partial charge in [0.05, 0.1) is 18.8 Å². The molecule has 0 aliphatic carbocycles. The predicted octanol–water partition coefficient (Wildman–Crippen LogP) is 1.63. The predicted molar refractivity (Wildman–Crippen MR) is 92.1 cm³/mol. The summed E-state index contributed by atoms with van der Waals surface area (Å²) >= 11 is 0. The molecule has 2 fully saturated rings. The van der Waals surface area contributed by atoms with Crippen molar-refractivity contribution in [2.24, 2.45) is 5.41 Å². The first-order valence-electron chi connectivity index (χ1n) is 9.01. The van der Waals surface area contributed by atoms with Gasteiger partial charge in [-0.2, -0.15) is 0 Å². The van der Waals surface area contributed by atoms with Gasteiger partial charge in [0.1, 0.15) is 12.4 Å². The quantitative estimate of drug-likeness (QED) is 0.747. The first-order chi connectivity index (χ1) is 12.0. The number of rotatable bonds is 7. The number of imidazole rings is 1. The number of amides is 1. The van der Waals surface area contributed by atoms with Crippen molar-refractivity contribution in [1.82, 2.24) is 14.5 Å². The molecule has 0 spiro atoms. The molecule has 2 aliphatic rings. The molecule has 0 saturated carbocycles. The summed E-state index contributed by atoms with van der Waals surface area (Å²) in [7, 11) is 1.69. The topological polar surface area (TPSA) is 65.8 Å². The summed E-state index contributed by atoms with van der Waals surface area (Å²) < 4.78 is 18.4. The molecule has 25 heavy (non-hydrogen) atoms. The summed E-state index contributed by atoms with van der Waals surface area (Å²) in [5.74, 6) is 0.963. The smallest absolute Gasteiger partial charge is 0.249 e. The molecule has 0 radical (unpaired) electrons. The van der Waals surface area contributed by atoms with E-state index in [1.165, 1.54) is 0 Å². The molecular weight excluding hydrogens is 322 g/mol. The number of nitrogens with zero attached hydrogens (tertiary/aromatic N) is 3. The molecule has 1 atom stereocenters. The highest BCUT2D eigenvalue weighted by Gasteiger charge is 2.50. The minimum atomic E-state index is -0.0230. The zero-order valence-corrected chi connectivity index (χ0v) is 15.4. The van der Waals surface area contributed by atoms with E-state index >= 15 is 0 Å². The van der Waals surface area contributed by atoms with Crippen molar-refractivity contribution in [3.05, 3.63) is 18.2 Å². The average molecular weight is 351 g/mol. The largest absolute Gasteiger partial charge is 0.383 e. The molecule has 1 aromatic rings. The van der Waals surface area contributed by atoms with E-state index < -0.39 is 0 Å². The molecule has 1 amide bonds. The molecular formula is C18H29N3O4. The molecule has 1 aromatic heterocycles. The lowest BCUT2D eigenvalue weighted by atomic mass is 9.74. The Bertz CT molecular complexity index is 581. The first-order valence-corrected chi connectivity index (χ1v) is 9.01. The fourth-order valence-corrected chi connectivity index (χ4v) is 3.71. The van der Waals surface area contributed by atoms with Crippen LogP contribution in [0.2, 0.25) is 0 Å². The standard InChI is InChI=1S/C18H29N3O4/c1-18(2)13-21(15(22)12-25-14-4-9-24-10-5-14)16(18)17-19-6-7-20(17)8-11-23-3/h6-7,14,16H,4-5,8-13H2,1-3H3. The Morgan fingerprint density at radius 3 is 2.84 bits per heavy atom. The number of aromatic nitrogens is 2. The van der Waals surface area contributed by atoms with Crippen LogP contribution in [-0.2, 0) is 25.5 Å². The molecule has 1 unspecified atom stereocenters. The number of likely N-dealkylation sites (tertiary alicyclic amines) is 1. The number of hydrogen-bond acceptors (Lipinski definition) is 5. The first kappa shape index (κ1) is 18.4. The van der Waals surface area contributed by atoms with Crippen LogP contribution in [0.3, 0.4) is 0 Å². The molecule has 140 valence electrons. The highest BCUT2D eigenvalue weighted by molar-refractivity contribution is 5.79. The van der Waals surface area contributed by atoms with E-state index in [2.05, 4.69) is 23.4 Å². The van der Waals surface area contributed by atoms with Crippen LogP contribution in [0.4, 0.5) is 0 Å². The lowest BCUT2D eigenvalue weighted by Gasteiger charge is -2.53. The van der Waals surface area contributed by atoms with Gasteiger partial charge in [-0.3, -0.25) is 4.79 Å². The van der Waals surface area contributed by atoms with Gasteiger partial charge in [0.2, 0.25) is 5.91 Å². The summed E-state index contributed by atoms with van der Waals surface area (Å²) in [6.07, 6.45) is 5.60. The van der Waals surface area contributed by atoms with E-state index in [4.69, 9.17) is 14.2 Å². The number of methoxy groups -OCH3 is 1. The van der Waals surface area contributed by atoms with E-state index in [1.807, 2.05) is 11.1 Å². The summed E-state index contributed by atoms with van der Waals surface area (Å²) in [5, 5.41) is 0. The molecule has 2 aliphatic heterocycles.